The number of rotatable bonds is 6. The molecule has 0 aliphatic heterocycles. The smallest absolute Gasteiger partial charge is 0.127 e. The minimum atomic E-state index is 0.728. The zero-order valence-electron chi connectivity index (χ0n) is 10.8. The SMILES string of the molecule is CCC(C)CN(CC)c1ccnc(NC)c1. The molecule has 0 aliphatic carbocycles. The fourth-order valence-corrected chi connectivity index (χ4v) is 1.68. The molecule has 1 rings (SSSR count). The van der Waals surface area contributed by atoms with Crippen LogP contribution in [-0.4, -0.2) is 25.1 Å². The van der Waals surface area contributed by atoms with Gasteiger partial charge in [-0.3, -0.25) is 0 Å². The van der Waals surface area contributed by atoms with E-state index < -0.39 is 0 Å². The number of aromatic nitrogens is 1. The van der Waals surface area contributed by atoms with Gasteiger partial charge in [0.1, 0.15) is 5.82 Å². The van der Waals surface area contributed by atoms with Crippen molar-refractivity contribution in [3.8, 4) is 0 Å². The molecule has 1 aromatic heterocycles. The third-order valence-corrected chi connectivity index (χ3v) is 2.98. The highest BCUT2D eigenvalue weighted by Crippen LogP contribution is 2.18. The Morgan fingerprint density at radius 2 is 2.19 bits per heavy atom. The van der Waals surface area contributed by atoms with Gasteiger partial charge in [0.05, 0.1) is 0 Å². The number of hydrogen-bond acceptors (Lipinski definition) is 3. The highest BCUT2D eigenvalue weighted by molar-refractivity contribution is 5.53. The van der Waals surface area contributed by atoms with Gasteiger partial charge in [-0.15, -0.1) is 0 Å². The Kier molecular flexibility index (Phi) is 5.09. The molecule has 90 valence electrons. The summed E-state index contributed by atoms with van der Waals surface area (Å²) in [6.45, 7) is 8.88. The molecule has 1 unspecified atom stereocenters. The molecule has 0 fully saturated rings. The largest absolute Gasteiger partial charge is 0.373 e. The number of anilines is 2. The lowest BCUT2D eigenvalue weighted by Crippen LogP contribution is -2.28. The summed E-state index contributed by atoms with van der Waals surface area (Å²) in [5.74, 6) is 1.66. The minimum absolute atomic E-state index is 0.728. The van der Waals surface area contributed by atoms with Crippen molar-refractivity contribution in [1.29, 1.82) is 0 Å². The summed E-state index contributed by atoms with van der Waals surface area (Å²) in [6.07, 6.45) is 3.08. The number of nitrogens with zero attached hydrogens (tertiary/aromatic N) is 2. The molecule has 3 heteroatoms. The van der Waals surface area contributed by atoms with Crippen LogP contribution in [0.3, 0.4) is 0 Å². The Balaban J connectivity index is 2.77. The lowest BCUT2D eigenvalue weighted by Gasteiger charge is -2.26. The first-order valence-corrected chi connectivity index (χ1v) is 6.10. The average molecular weight is 221 g/mol. The fraction of sp³-hybridized carbons (Fsp3) is 0.615. The second kappa shape index (κ2) is 6.36. The van der Waals surface area contributed by atoms with Gasteiger partial charge in [-0.25, -0.2) is 4.98 Å². The molecule has 3 nitrogen and oxygen atoms in total. The third kappa shape index (κ3) is 3.40. The van der Waals surface area contributed by atoms with Crippen LogP contribution < -0.4 is 10.2 Å². The standard InChI is InChI=1S/C13H23N3/c1-5-11(3)10-16(6-2)12-7-8-15-13(9-12)14-4/h7-9,11H,5-6,10H2,1-4H3,(H,14,15). The van der Waals surface area contributed by atoms with E-state index in [0.717, 1.165) is 24.8 Å². The molecule has 1 aromatic rings. The van der Waals surface area contributed by atoms with E-state index in [-0.39, 0.29) is 0 Å². The van der Waals surface area contributed by atoms with Crippen LogP contribution in [0.4, 0.5) is 11.5 Å². The van der Waals surface area contributed by atoms with E-state index in [2.05, 4.69) is 48.1 Å². The topological polar surface area (TPSA) is 28.2 Å². The van der Waals surface area contributed by atoms with Crippen molar-refractivity contribution in [2.75, 3.05) is 30.4 Å². The van der Waals surface area contributed by atoms with Gasteiger partial charge in [-0.05, 0) is 18.9 Å². The average Bonchev–Trinajstić information content (AvgIpc) is 2.35. The molecule has 0 spiro atoms. The molecule has 0 bridgehead atoms. The highest BCUT2D eigenvalue weighted by atomic mass is 15.1. The molecule has 16 heavy (non-hydrogen) atoms. The van der Waals surface area contributed by atoms with Gasteiger partial charge in [-0.2, -0.15) is 0 Å². The minimum Gasteiger partial charge on any atom is -0.373 e. The summed E-state index contributed by atoms with van der Waals surface area (Å²) in [6, 6.07) is 4.18. The van der Waals surface area contributed by atoms with Gasteiger partial charge in [0.15, 0.2) is 0 Å². The Hall–Kier alpha value is -1.25. The van der Waals surface area contributed by atoms with Crippen LogP contribution in [0.2, 0.25) is 0 Å². The molecule has 1 N–H and O–H groups in total. The number of nitrogens with one attached hydrogen (secondary N) is 1. The van der Waals surface area contributed by atoms with Crippen LogP contribution in [0, 0.1) is 5.92 Å². The summed E-state index contributed by atoms with van der Waals surface area (Å²) in [5, 5.41) is 3.08. The van der Waals surface area contributed by atoms with Crippen LogP contribution in [0.1, 0.15) is 27.2 Å². The van der Waals surface area contributed by atoms with E-state index in [1.54, 1.807) is 0 Å². The summed E-state index contributed by atoms with van der Waals surface area (Å²) in [5.41, 5.74) is 1.25. The van der Waals surface area contributed by atoms with Gasteiger partial charge in [-0.1, -0.05) is 20.3 Å². The third-order valence-electron chi connectivity index (χ3n) is 2.98. The zero-order valence-corrected chi connectivity index (χ0v) is 10.8. The molecule has 1 atom stereocenters. The van der Waals surface area contributed by atoms with E-state index in [1.807, 2.05) is 13.2 Å². The Bertz CT molecular complexity index is 312. The quantitative estimate of drug-likeness (QED) is 0.800. The molecule has 0 radical (unpaired) electrons. The number of pyridine rings is 1. The lowest BCUT2D eigenvalue weighted by molar-refractivity contribution is 0.548. The maximum absolute atomic E-state index is 4.24. The van der Waals surface area contributed by atoms with Gasteiger partial charge in [0, 0.05) is 38.1 Å². The summed E-state index contributed by atoms with van der Waals surface area (Å²) >= 11 is 0. The van der Waals surface area contributed by atoms with Crippen LogP contribution >= 0.6 is 0 Å². The first-order valence-electron chi connectivity index (χ1n) is 6.10. The van der Waals surface area contributed by atoms with Crippen LogP contribution in [-0.2, 0) is 0 Å². The molecule has 0 saturated carbocycles. The fourth-order valence-electron chi connectivity index (χ4n) is 1.68. The summed E-state index contributed by atoms with van der Waals surface area (Å²) in [7, 11) is 1.90. The van der Waals surface area contributed by atoms with Crippen LogP contribution in [0.15, 0.2) is 18.3 Å². The van der Waals surface area contributed by atoms with E-state index in [4.69, 9.17) is 0 Å². The Labute approximate surface area is 98.9 Å². The van der Waals surface area contributed by atoms with Crippen LogP contribution in [0.25, 0.3) is 0 Å². The predicted molar refractivity (Wildman–Crippen MR) is 71.1 cm³/mol. The van der Waals surface area contributed by atoms with Crippen molar-refractivity contribution in [1.82, 2.24) is 4.98 Å². The van der Waals surface area contributed by atoms with Gasteiger partial charge in [0.2, 0.25) is 0 Å². The second-order valence-corrected chi connectivity index (χ2v) is 4.20. The molecule has 0 amide bonds. The highest BCUT2D eigenvalue weighted by Gasteiger charge is 2.08. The predicted octanol–water partition coefficient (Wildman–Crippen LogP) is 3.00. The molecule has 0 aliphatic rings. The van der Waals surface area contributed by atoms with Crippen molar-refractivity contribution in [2.24, 2.45) is 5.92 Å². The van der Waals surface area contributed by atoms with Crippen molar-refractivity contribution < 1.29 is 0 Å². The Morgan fingerprint density at radius 1 is 1.44 bits per heavy atom. The van der Waals surface area contributed by atoms with E-state index in [0.29, 0.717) is 0 Å². The van der Waals surface area contributed by atoms with E-state index in [9.17, 15) is 0 Å². The van der Waals surface area contributed by atoms with Gasteiger partial charge < -0.3 is 10.2 Å². The number of hydrogen-bond donors (Lipinski definition) is 1. The van der Waals surface area contributed by atoms with E-state index >= 15 is 0 Å². The molecule has 0 aromatic carbocycles. The van der Waals surface area contributed by atoms with Crippen molar-refractivity contribution in [2.45, 2.75) is 27.2 Å². The zero-order chi connectivity index (χ0) is 12.0. The normalized spacial score (nSPS) is 12.2. The van der Waals surface area contributed by atoms with Crippen molar-refractivity contribution in [3.05, 3.63) is 18.3 Å². The first kappa shape index (κ1) is 12.8. The maximum atomic E-state index is 4.24. The van der Waals surface area contributed by atoms with Gasteiger partial charge in [0.25, 0.3) is 0 Å². The van der Waals surface area contributed by atoms with Crippen molar-refractivity contribution >= 4 is 11.5 Å². The molecular weight excluding hydrogens is 198 g/mol. The van der Waals surface area contributed by atoms with Gasteiger partial charge >= 0.3 is 0 Å². The second-order valence-electron chi connectivity index (χ2n) is 4.20. The summed E-state index contributed by atoms with van der Waals surface area (Å²) < 4.78 is 0. The Morgan fingerprint density at radius 3 is 2.75 bits per heavy atom. The van der Waals surface area contributed by atoms with Crippen LogP contribution in [0.5, 0.6) is 0 Å². The lowest BCUT2D eigenvalue weighted by atomic mass is 10.1. The molecule has 0 saturated heterocycles. The monoisotopic (exact) mass is 221 g/mol. The first-order chi connectivity index (χ1) is 7.71. The molecular formula is C13H23N3. The molecule has 1 heterocycles. The summed E-state index contributed by atoms with van der Waals surface area (Å²) in [4.78, 5) is 6.64. The van der Waals surface area contributed by atoms with Crippen molar-refractivity contribution in [3.63, 3.8) is 0 Å². The van der Waals surface area contributed by atoms with E-state index in [1.165, 1.54) is 12.1 Å². The maximum Gasteiger partial charge on any atom is 0.127 e.